The van der Waals surface area contributed by atoms with Gasteiger partial charge in [-0.1, -0.05) is 54.2 Å². The van der Waals surface area contributed by atoms with E-state index in [4.69, 9.17) is 14.5 Å². The van der Waals surface area contributed by atoms with Crippen LogP contribution in [0.3, 0.4) is 0 Å². The number of benzene rings is 3. The molecule has 0 aliphatic carbocycles. The Labute approximate surface area is 238 Å². The number of hydrogen-bond acceptors (Lipinski definition) is 7. The molecule has 1 unspecified atom stereocenters. The number of methoxy groups -OCH3 is 1. The van der Waals surface area contributed by atoms with Crippen LogP contribution in [0.2, 0.25) is 0 Å². The number of nitrogens with zero attached hydrogens (tertiary/aromatic N) is 2. The van der Waals surface area contributed by atoms with Gasteiger partial charge in [0.25, 0.3) is 0 Å². The summed E-state index contributed by atoms with van der Waals surface area (Å²) >= 11 is 1.28. The molecular weight excluding hydrogens is 526 g/mol. The van der Waals surface area contributed by atoms with Gasteiger partial charge >= 0.3 is 5.97 Å². The lowest BCUT2D eigenvalue weighted by molar-refractivity contribution is -0.130. The first kappa shape index (κ1) is 28.9. The van der Waals surface area contributed by atoms with Crippen molar-refractivity contribution in [2.45, 2.75) is 31.4 Å². The highest BCUT2D eigenvalue weighted by Crippen LogP contribution is 2.30. The van der Waals surface area contributed by atoms with Crippen molar-refractivity contribution in [3.8, 4) is 5.75 Å². The summed E-state index contributed by atoms with van der Waals surface area (Å²) in [7, 11) is 1.62. The van der Waals surface area contributed by atoms with Crippen LogP contribution in [0.15, 0.2) is 83.9 Å². The minimum Gasteiger partial charge on any atom is -0.497 e. The van der Waals surface area contributed by atoms with E-state index in [2.05, 4.69) is 5.32 Å². The summed E-state index contributed by atoms with van der Waals surface area (Å²) in [5.41, 5.74) is 3.18. The molecule has 1 N–H and O–H groups in total. The fraction of sp³-hybridized carbons (Fsp3) is 0.290. The molecule has 2 amide bonds. The second-order valence-corrected chi connectivity index (χ2v) is 10.3. The molecule has 1 atom stereocenters. The van der Waals surface area contributed by atoms with Crippen LogP contribution < -0.4 is 10.1 Å². The molecule has 1 aliphatic rings. The van der Waals surface area contributed by atoms with Gasteiger partial charge in [-0.05, 0) is 67.3 Å². The SMILES string of the molecule is CCOC(=O)c1ccc(N=C2SC(C(=O)NCCc3ccccc3)CC(=O)N2CCc2ccc(OC)cc2)cc1. The van der Waals surface area contributed by atoms with E-state index >= 15 is 0 Å². The van der Waals surface area contributed by atoms with Crippen LogP contribution in [0.25, 0.3) is 0 Å². The number of hydrogen-bond donors (Lipinski definition) is 1. The van der Waals surface area contributed by atoms with Crippen molar-refractivity contribution < 1.29 is 23.9 Å². The maximum absolute atomic E-state index is 13.3. The molecule has 9 heteroatoms. The number of amidine groups is 1. The van der Waals surface area contributed by atoms with Gasteiger partial charge in [-0.3, -0.25) is 14.5 Å². The summed E-state index contributed by atoms with van der Waals surface area (Å²) < 4.78 is 10.3. The molecule has 1 fully saturated rings. The first-order valence-electron chi connectivity index (χ1n) is 13.2. The fourth-order valence-corrected chi connectivity index (χ4v) is 5.33. The van der Waals surface area contributed by atoms with Gasteiger partial charge in [0, 0.05) is 19.5 Å². The predicted octanol–water partition coefficient (Wildman–Crippen LogP) is 4.80. The van der Waals surface area contributed by atoms with Gasteiger partial charge < -0.3 is 14.8 Å². The molecule has 3 aromatic rings. The summed E-state index contributed by atoms with van der Waals surface area (Å²) in [5.74, 6) is 0.0204. The summed E-state index contributed by atoms with van der Waals surface area (Å²) in [6, 6.07) is 24.3. The van der Waals surface area contributed by atoms with E-state index in [1.165, 1.54) is 11.8 Å². The zero-order chi connectivity index (χ0) is 28.3. The van der Waals surface area contributed by atoms with Crippen molar-refractivity contribution >= 4 is 40.4 Å². The maximum Gasteiger partial charge on any atom is 0.338 e. The Balaban J connectivity index is 1.48. The fourth-order valence-electron chi connectivity index (χ4n) is 4.18. The van der Waals surface area contributed by atoms with E-state index in [0.717, 1.165) is 16.9 Å². The standard InChI is InChI=1S/C31H33N3O5S/c1-3-39-30(37)24-11-13-25(14-12-24)33-31-34(20-18-23-9-15-26(38-2)16-10-23)28(35)21-27(40-31)29(36)32-19-17-22-7-5-4-6-8-22/h4-16,27H,3,17-21H2,1-2H3,(H,32,36). The molecule has 0 aromatic heterocycles. The van der Waals surface area contributed by atoms with Crippen LogP contribution >= 0.6 is 11.8 Å². The highest BCUT2D eigenvalue weighted by Gasteiger charge is 2.35. The van der Waals surface area contributed by atoms with E-state index in [1.54, 1.807) is 43.2 Å². The van der Waals surface area contributed by atoms with Gasteiger partial charge in [-0.25, -0.2) is 9.79 Å². The topological polar surface area (TPSA) is 97.3 Å². The van der Waals surface area contributed by atoms with E-state index in [-0.39, 0.29) is 18.2 Å². The van der Waals surface area contributed by atoms with Crippen LogP contribution in [0.4, 0.5) is 5.69 Å². The third kappa shape index (κ3) is 7.95. The van der Waals surface area contributed by atoms with Gasteiger partial charge in [0.05, 0.1) is 30.2 Å². The van der Waals surface area contributed by atoms with Crippen LogP contribution in [0.5, 0.6) is 5.75 Å². The molecule has 208 valence electrons. The smallest absolute Gasteiger partial charge is 0.338 e. The molecule has 8 nitrogen and oxygen atoms in total. The Morgan fingerprint density at radius 1 is 0.975 bits per heavy atom. The molecule has 4 rings (SSSR count). The van der Waals surface area contributed by atoms with Gasteiger partial charge in [-0.2, -0.15) is 0 Å². The highest BCUT2D eigenvalue weighted by molar-refractivity contribution is 8.15. The predicted molar refractivity (Wildman–Crippen MR) is 157 cm³/mol. The van der Waals surface area contributed by atoms with Crippen LogP contribution in [-0.4, -0.2) is 59.9 Å². The molecule has 0 saturated carbocycles. The molecule has 1 saturated heterocycles. The number of aliphatic imine (C=N–C) groups is 1. The number of nitrogens with one attached hydrogen (secondary N) is 1. The molecule has 40 heavy (non-hydrogen) atoms. The van der Waals surface area contributed by atoms with Crippen molar-refractivity contribution in [2.24, 2.45) is 4.99 Å². The number of esters is 1. The average molecular weight is 560 g/mol. The minimum atomic E-state index is -0.585. The lowest BCUT2D eigenvalue weighted by atomic mass is 10.1. The Morgan fingerprint density at radius 3 is 2.35 bits per heavy atom. The van der Waals surface area contributed by atoms with E-state index < -0.39 is 11.2 Å². The van der Waals surface area contributed by atoms with E-state index in [0.29, 0.717) is 49.0 Å². The van der Waals surface area contributed by atoms with Crippen molar-refractivity contribution in [2.75, 3.05) is 26.8 Å². The number of amides is 2. The zero-order valence-electron chi connectivity index (χ0n) is 22.7. The largest absolute Gasteiger partial charge is 0.497 e. The quantitative estimate of drug-likeness (QED) is 0.339. The summed E-state index contributed by atoms with van der Waals surface area (Å²) in [6.45, 7) is 2.95. The lowest BCUT2D eigenvalue weighted by Crippen LogP contribution is -2.47. The number of rotatable bonds is 11. The summed E-state index contributed by atoms with van der Waals surface area (Å²) in [5, 5.41) is 2.84. The van der Waals surface area contributed by atoms with Crippen molar-refractivity contribution in [1.29, 1.82) is 0 Å². The third-order valence-corrected chi connectivity index (χ3v) is 7.56. The first-order chi connectivity index (χ1) is 19.5. The van der Waals surface area contributed by atoms with E-state index in [1.807, 2.05) is 54.6 Å². The van der Waals surface area contributed by atoms with Gasteiger partial charge in [0.15, 0.2) is 5.17 Å². The second-order valence-electron chi connectivity index (χ2n) is 9.14. The van der Waals surface area contributed by atoms with Crippen LogP contribution in [0.1, 0.15) is 34.8 Å². The second kappa shape index (κ2) is 14.3. The molecule has 1 aliphatic heterocycles. The van der Waals surface area contributed by atoms with Crippen molar-refractivity contribution in [3.63, 3.8) is 0 Å². The summed E-state index contributed by atoms with van der Waals surface area (Å²) in [4.78, 5) is 44.7. The number of thioether (sulfide) groups is 1. The Morgan fingerprint density at radius 2 is 1.68 bits per heavy atom. The normalized spacial score (nSPS) is 16.1. The zero-order valence-corrected chi connectivity index (χ0v) is 23.5. The number of carbonyl (C=O) groups excluding carboxylic acids is 3. The monoisotopic (exact) mass is 559 g/mol. The molecule has 0 spiro atoms. The lowest BCUT2D eigenvalue weighted by Gasteiger charge is -2.32. The molecule has 0 radical (unpaired) electrons. The third-order valence-electron chi connectivity index (χ3n) is 6.37. The highest BCUT2D eigenvalue weighted by atomic mass is 32.2. The van der Waals surface area contributed by atoms with E-state index in [9.17, 15) is 14.4 Å². The van der Waals surface area contributed by atoms with Crippen molar-refractivity contribution in [3.05, 3.63) is 95.6 Å². The van der Waals surface area contributed by atoms with Crippen LogP contribution in [-0.2, 0) is 27.2 Å². The molecule has 1 heterocycles. The van der Waals surface area contributed by atoms with Crippen molar-refractivity contribution in [1.82, 2.24) is 10.2 Å². The molecule has 0 bridgehead atoms. The first-order valence-corrected chi connectivity index (χ1v) is 14.1. The Kier molecular flexibility index (Phi) is 10.3. The van der Waals surface area contributed by atoms with Gasteiger partial charge in [0.2, 0.25) is 11.8 Å². The average Bonchev–Trinajstić information content (AvgIpc) is 2.98. The van der Waals surface area contributed by atoms with Gasteiger partial charge in [0.1, 0.15) is 5.75 Å². The van der Waals surface area contributed by atoms with Gasteiger partial charge in [-0.15, -0.1) is 0 Å². The maximum atomic E-state index is 13.3. The summed E-state index contributed by atoms with van der Waals surface area (Å²) in [6.07, 6.45) is 1.41. The number of carbonyl (C=O) groups is 3. The number of ether oxygens (including phenoxy) is 2. The molecule has 3 aromatic carbocycles. The Hall–Kier alpha value is -4.11. The van der Waals surface area contributed by atoms with Crippen LogP contribution in [0, 0.1) is 0 Å². The Bertz CT molecular complexity index is 1330. The molecular formula is C31H33N3O5S. The minimum absolute atomic E-state index is 0.0886.